The van der Waals surface area contributed by atoms with Gasteiger partial charge in [-0.15, -0.1) is 0 Å². The molecular weight excluding hydrogens is 316 g/mol. The molecule has 2 rings (SSSR count). The predicted molar refractivity (Wildman–Crippen MR) is 73.2 cm³/mol. The Morgan fingerprint density at radius 1 is 1.16 bits per heavy atom. The number of para-hydroxylation sites is 1. The largest absolute Gasteiger partial charge is 0.451 e. The van der Waals surface area contributed by atoms with Crippen LogP contribution in [-0.2, 0) is 0 Å². The van der Waals surface area contributed by atoms with E-state index in [2.05, 4.69) is 15.9 Å². The molecule has 0 aliphatic carbocycles. The van der Waals surface area contributed by atoms with Crippen molar-refractivity contribution in [3.8, 4) is 11.5 Å². The van der Waals surface area contributed by atoms with Crippen molar-refractivity contribution in [1.29, 1.82) is 0 Å². The van der Waals surface area contributed by atoms with Gasteiger partial charge in [0.2, 0.25) is 0 Å². The van der Waals surface area contributed by atoms with Crippen molar-refractivity contribution < 1.29 is 13.5 Å². The van der Waals surface area contributed by atoms with Gasteiger partial charge in [0.15, 0.2) is 23.1 Å². The lowest BCUT2D eigenvalue weighted by Crippen LogP contribution is -2.08. The number of nitrogens with two attached hydrogens (primary N) is 1. The minimum Gasteiger partial charge on any atom is -0.451 e. The molecule has 0 spiro atoms. The Kier molecular flexibility index (Phi) is 4.17. The number of hydrogen-bond acceptors (Lipinski definition) is 2. The molecule has 0 bridgehead atoms. The maximum absolute atomic E-state index is 13.8. The summed E-state index contributed by atoms with van der Waals surface area (Å²) in [4.78, 5) is 0. The average molecular weight is 328 g/mol. The zero-order valence-corrected chi connectivity index (χ0v) is 11.7. The van der Waals surface area contributed by atoms with E-state index >= 15 is 0 Å². The number of benzene rings is 2. The fourth-order valence-electron chi connectivity index (χ4n) is 1.66. The Balaban J connectivity index is 2.43. The van der Waals surface area contributed by atoms with E-state index in [0.717, 1.165) is 0 Å². The first-order valence-corrected chi connectivity index (χ1v) is 6.45. The van der Waals surface area contributed by atoms with Gasteiger partial charge in [0.25, 0.3) is 0 Å². The predicted octanol–water partition coefficient (Wildman–Crippen LogP) is 4.54. The SMILES string of the molecule is CC(N)c1cccc(F)c1Oc1ccc(Br)cc1F. The highest BCUT2D eigenvalue weighted by molar-refractivity contribution is 9.10. The summed E-state index contributed by atoms with van der Waals surface area (Å²) in [5, 5.41) is 0. The number of ether oxygens (including phenoxy) is 1. The normalized spacial score (nSPS) is 12.3. The average Bonchev–Trinajstić information content (AvgIpc) is 2.34. The summed E-state index contributed by atoms with van der Waals surface area (Å²) in [6.45, 7) is 1.71. The Morgan fingerprint density at radius 3 is 2.53 bits per heavy atom. The molecule has 0 heterocycles. The van der Waals surface area contributed by atoms with Gasteiger partial charge in [-0.3, -0.25) is 0 Å². The van der Waals surface area contributed by atoms with E-state index < -0.39 is 17.7 Å². The third kappa shape index (κ3) is 3.11. The maximum atomic E-state index is 13.8. The zero-order valence-electron chi connectivity index (χ0n) is 10.2. The fraction of sp³-hybridized carbons (Fsp3) is 0.143. The van der Waals surface area contributed by atoms with Gasteiger partial charge in [-0.1, -0.05) is 28.1 Å². The van der Waals surface area contributed by atoms with Crippen LogP contribution in [0, 0.1) is 11.6 Å². The molecule has 0 saturated carbocycles. The smallest absolute Gasteiger partial charge is 0.167 e. The lowest BCUT2D eigenvalue weighted by molar-refractivity contribution is 0.407. The summed E-state index contributed by atoms with van der Waals surface area (Å²) in [5.74, 6) is -1.24. The van der Waals surface area contributed by atoms with Crippen LogP contribution in [0.4, 0.5) is 8.78 Å². The highest BCUT2D eigenvalue weighted by Gasteiger charge is 2.15. The quantitative estimate of drug-likeness (QED) is 0.898. The first kappa shape index (κ1) is 14.0. The minimum absolute atomic E-state index is 0.0428. The summed E-state index contributed by atoms with van der Waals surface area (Å²) in [6, 6.07) is 8.32. The van der Waals surface area contributed by atoms with Gasteiger partial charge in [-0.2, -0.15) is 0 Å². The monoisotopic (exact) mass is 327 g/mol. The van der Waals surface area contributed by atoms with Gasteiger partial charge in [-0.25, -0.2) is 8.78 Å². The molecule has 2 N–H and O–H groups in total. The molecule has 0 aliphatic rings. The van der Waals surface area contributed by atoms with Gasteiger partial charge < -0.3 is 10.5 Å². The second kappa shape index (κ2) is 5.67. The number of hydrogen-bond donors (Lipinski definition) is 1. The lowest BCUT2D eigenvalue weighted by Gasteiger charge is -2.14. The Bertz CT molecular complexity index is 602. The maximum Gasteiger partial charge on any atom is 0.167 e. The topological polar surface area (TPSA) is 35.2 Å². The van der Waals surface area contributed by atoms with E-state index in [1.165, 1.54) is 18.2 Å². The molecule has 2 aromatic rings. The van der Waals surface area contributed by atoms with Crippen LogP contribution in [0.1, 0.15) is 18.5 Å². The molecule has 0 aliphatic heterocycles. The highest BCUT2D eigenvalue weighted by atomic mass is 79.9. The highest BCUT2D eigenvalue weighted by Crippen LogP contribution is 2.33. The van der Waals surface area contributed by atoms with Crippen molar-refractivity contribution in [2.24, 2.45) is 5.73 Å². The summed E-state index contributed by atoms with van der Waals surface area (Å²) in [7, 11) is 0. The Hall–Kier alpha value is -1.46. The fourth-order valence-corrected chi connectivity index (χ4v) is 1.99. The molecule has 2 nitrogen and oxygen atoms in total. The van der Waals surface area contributed by atoms with E-state index in [1.807, 2.05) is 0 Å². The molecule has 0 fully saturated rings. The standard InChI is InChI=1S/C14H12BrF2NO/c1-8(18)10-3-2-4-11(16)14(10)19-13-6-5-9(15)7-12(13)17/h2-8H,18H2,1H3. The van der Waals surface area contributed by atoms with Gasteiger partial charge >= 0.3 is 0 Å². The molecule has 0 saturated heterocycles. The van der Waals surface area contributed by atoms with Gasteiger partial charge in [0, 0.05) is 16.1 Å². The van der Waals surface area contributed by atoms with Crippen molar-refractivity contribution >= 4 is 15.9 Å². The van der Waals surface area contributed by atoms with Crippen LogP contribution in [0.3, 0.4) is 0 Å². The molecule has 1 atom stereocenters. The number of halogens is 3. The van der Waals surface area contributed by atoms with Crippen molar-refractivity contribution in [1.82, 2.24) is 0 Å². The third-order valence-electron chi connectivity index (χ3n) is 2.59. The molecule has 0 radical (unpaired) electrons. The van der Waals surface area contributed by atoms with Crippen molar-refractivity contribution in [3.05, 3.63) is 58.1 Å². The van der Waals surface area contributed by atoms with Gasteiger partial charge in [-0.05, 0) is 31.2 Å². The second-order valence-electron chi connectivity index (χ2n) is 4.12. The summed E-state index contributed by atoms with van der Waals surface area (Å²) in [6.07, 6.45) is 0. The van der Waals surface area contributed by atoms with Gasteiger partial charge in [0.05, 0.1) is 0 Å². The van der Waals surface area contributed by atoms with Crippen LogP contribution in [-0.4, -0.2) is 0 Å². The van der Waals surface area contributed by atoms with Crippen molar-refractivity contribution in [3.63, 3.8) is 0 Å². The zero-order chi connectivity index (χ0) is 14.0. The Morgan fingerprint density at radius 2 is 1.89 bits per heavy atom. The molecule has 100 valence electrons. The first-order valence-electron chi connectivity index (χ1n) is 5.66. The van der Waals surface area contributed by atoms with E-state index in [9.17, 15) is 8.78 Å². The van der Waals surface area contributed by atoms with Gasteiger partial charge in [0.1, 0.15) is 0 Å². The van der Waals surface area contributed by atoms with E-state index in [1.54, 1.807) is 25.1 Å². The van der Waals surface area contributed by atoms with Crippen molar-refractivity contribution in [2.45, 2.75) is 13.0 Å². The summed E-state index contributed by atoms with van der Waals surface area (Å²) in [5.41, 5.74) is 6.24. The molecule has 2 aromatic carbocycles. The molecule has 19 heavy (non-hydrogen) atoms. The molecule has 5 heteroatoms. The van der Waals surface area contributed by atoms with Crippen LogP contribution in [0.15, 0.2) is 40.9 Å². The minimum atomic E-state index is -0.576. The van der Waals surface area contributed by atoms with E-state index in [-0.39, 0.29) is 11.5 Å². The van der Waals surface area contributed by atoms with Crippen LogP contribution in [0.2, 0.25) is 0 Å². The van der Waals surface area contributed by atoms with E-state index in [0.29, 0.717) is 10.0 Å². The number of rotatable bonds is 3. The first-order chi connectivity index (χ1) is 8.99. The molecule has 0 aromatic heterocycles. The van der Waals surface area contributed by atoms with E-state index in [4.69, 9.17) is 10.5 Å². The Labute approximate surface area is 118 Å². The molecule has 1 unspecified atom stereocenters. The molecule has 0 amide bonds. The van der Waals surface area contributed by atoms with Crippen LogP contribution >= 0.6 is 15.9 Å². The second-order valence-corrected chi connectivity index (χ2v) is 5.04. The van der Waals surface area contributed by atoms with Crippen molar-refractivity contribution in [2.75, 3.05) is 0 Å². The summed E-state index contributed by atoms with van der Waals surface area (Å²) < 4.78 is 33.4. The van der Waals surface area contributed by atoms with Crippen LogP contribution in [0.25, 0.3) is 0 Å². The van der Waals surface area contributed by atoms with Crippen LogP contribution in [0.5, 0.6) is 11.5 Å². The lowest BCUT2D eigenvalue weighted by atomic mass is 10.1. The van der Waals surface area contributed by atoms with Crippen LogP contribution < -0.4 is 10.5 Å². The summed E-state index contributed by atoms with van der Waals surface area (Å²) >= 11 is 3.14. The molecular formula is C14H12BrF2NO. The third-order valence-corrected chi connectivity index (χ3v) is 3.09.